The normalized spacial score (nSPS) is 15.9. The van der Waals surface area contributed by atoms with Crippen LogP contribution in [0.4, 0.5) is 11.4 Å². The van der Waals surface area contributed by atoms with E-state index in [1.54, 1.807) is 0 Å². The molecule has 0 heterocycles. The van der Waals surface area contributed by atoms with Crippen molar-refractivity contribution in [3.05, 3.63) is 185 Å². The van der Waals surface area contributed by atoms with Crippen LogP contribution < -0.4 is 15.3 Å². The largest absolute Gasteiger partial charge is 0.314 e. The summed E-state index contributed by atoms with van der Waals surface area (Å²) in [4.78, 5) is 2.46. The molecule has 2 aliphatic rings. The Labute approximate surface area is 261 Å². The van der Waals surface area contributed by atoms with E-state index in [-0.39, 0.29) is 5.41 Å². The van der Waals surface area contributed by atoms with Gasteiger partial charge < -0.3 is 4.90 Å². The molecule has 7 rings (SSSR count). The lowest BCUT2D eigenvalue weighted by Gasteiger charge is -2.32. The van der Waals surface area contributed by atoms with Gasteiger partial charge in [-0.25, -0.2) is 0 Å². The first-order chi connectivity index (χ1) is 21.5. The van der Waals surface area contributed by atoms with Gasteiger partial charge in [0.2, 0.25) is 0 Å². The van der Waals surface area contributed by atoms with Crippen LogP contribution in [-0.2, 0) is 5.41 Å². The highest BCUT2D eigenvalue weighted by atomic mass is 15.1. The van der Waals surface area contributed by atoms with Crippen LogP contribution in [-0.4, -0.2) is 0 Å². The summed E-state index contributed by atoms with van der Waals surface area (Å²) in [7, 11) is 0. The minimum absolute atomic E-state index is 0.0188. The van der Waals surface area contributed by atoms with Crippen LogP contribution in [0.5, 0.6) is 0 Å². The van der Waals surface area contributed by atoms with Crippen molar-refractivity contribution in [3.63, 3.8) is 0 Å². The quantitative estimate of drug-likeness (QED) is 0.197. The smallest absolute Gasteiger partial charge is 0.0458 e. The first-order valence-corrected chi connectivity index (χ1v) is 15.5. The third kappa shape index (κ3) is 5.05. The maximum absolute atomic E-state index is 3.89. The summed E-state index contributed by atoms with van der Waals surface area (Å²) >= 11 is 0. The molecule has 0 bridgehead atoms. The lowest BCUT2D eigenvalue weighted by atomic mass is 9.79. The molecule has 2 aliphatic carbocycles. The topological polar surface area (TPSA) is 3.24 Å². The fourth-order valence-corrected chi connectivity index (χ4v) is 6.90. The molecule has 5 aromatic carbocycles. The molecular weight excluding hydrogens is 530 g/mol. The van der Waals surface area contributed by atoms with Gasteiger partial charge in [0.25, 0.3) is 0 Å². The highest BCUT2D eigenvalue weighted by molar-refractivity contribution is 5.85. The number of allylic oxidation sites excluding steroid dienone is 5. The Bertz CT molecular complexity index is 2020. The lowest BCUT2D eigenvalue weighted by molar-refractivity contribution is 0.648. The second-order valence-electron chi connectivity index (χ2n) is 12.2. The number of hydrogen-bond acceptors (Lipinski definition) is 1. The molecule has 0 atom stereocenters. The molecule has 0 radical (unpaired) electrons. The van der Waals surface area contributed by atoms with Crippen molar-refractivity contribution in [1.82, 2.24) is 0 Å². The summed E-state index contributed by atoms with van der Waals surface area (Å²) in [6.07, 6.45) is 10.7. The third-order valence-electron chi connectivity index (χ3n) is 9.15. The van der Waals surface area contributed by atoms with E-state index in [0.29, 0.717) is 0 Å². The molecule has 1 nitrogen and oxygen atoms in total. The van der Waals surface area contributed by atoms with Gasteiger partial charge in [0.05, 0.1) is 0 Å². The van der Waals surface area contributed by atoms with Gasteiger partial charge in [-0.05, 0) is 98.7 Å². The van der Waals surface area contributed by atoms with Gasteiger partial charge in [-0.2, -0.15) is 0 Å². The fraction of sp³-hybridized carbons (Fsp3) is 0.116. The second kappa shape index (κ2) is 11.5. The first-order valence-electron chi connectivity index (χ1n) is 15.5. The van der Waals surface area contributed by atoms with E-state index < -0.39 is 0 Å². The fourth-order valence-electron chi connectivity index (χ4n) is 6.90. The van der Waals surface area contributed by atoms with E-state index in [1.165, 1.54) is 66.5 Å². The molecule has 1 heteroatoms. The predicted molar refractivity (Wildman–Crippen MR) is 188 cm³/mol. The number of fused-ring (bicyclic) bond motifs is 2. The summed E-state index contributed by atoms with van der Waals surface area (Å²) in [5, 5.41) is 2.36. The Kier molecular flexibility index (Phi) is 7.24. The number of nitrogens with zero attached hydrogens (tertiary/aromatic N) is 1. The predicted octanol–water partition coefficient (Wildman–Crippen LogP) is 9.71. The average molecular weight is 568 g/mol. The molecule has 0 unspecified atom stereocenters. The van der Waals surface area contributed by atoms with Crippen molar-refractivity contribution in [2.45, 2.75) is 32.1 Å². The molecule has 0 saturated carbocycles. The second-order valence-corrected chi connectivity index (χ2v) is 12.2. The number of rotatable bonds is 6. The van der Waals surface area contributed by atoms with Crippen molar-refractivity contribution in [2.75, 3.05) is 4.90 Å². The maximum Gasteiger partial charge on any atom is 0.0458 e. The monoisotopic (exact) mass is 567 g/mol. The zero-order chi connectivity index (χ0) is 30.1. The maximum atomic E-state index is 3.89. The van der Waals surface area contributed by atoms with Gasteiger partial charge >= 0.3 is 0 Å². The minimum atomic E-state index is -0.0188. The Morgan fingerprint density at radius 3 is 1.98 bits per heavy atom. The third-order valence-corrected chi connectivity index (χ3v) is 9.15. The molecule has 0 aromatic heterocycles. The number of hydrogen-bond donors (Lipinski definition) is 0. The van der Waals surface area contributed by atoms with E-state index in [9.17, 15) is 0 Å². The van der Waals surface area contributed by atoms with Crippen LogP contribution in [0.1, 0.15) is 43.4 Å². The zero-order valence-corrected chi connectivity index (χ0v) is 25.5. The zero-order valence-electron chi connectivity index (χ0n) is 25.5. The summed E-state index contributed by atoms with van der Waals surface area (Å²) in [5.41, 5.74) is 13.1. The van der Waals surface area contributed by atoms with Gasteiger partial charge in [-0.1, -0.05) is 136 Å². The molecular formula is C43H37N. The van der Waals surface area contributed by atoms with Crippen LogP contribution in [0.2, 0.25) is 0 Å². The Morgan fingerprint density at radius 1 is 0.636 bits per heavy atom. The summed E-state index contributed by atoms with van der Waals surface area (Å²) in [5.74, 6) is 0. The highest BCUT2D eigenvalue weighted by Gasteiger charge is 2.38. The Balaban J connectivity index is 1.31. The van der Waals surface area contributed by atoms with Crippen molar-refractivity contribution in [2.24, 2.45) is 0 Å². The Hall–Kier alpha value is -5.14. The standard InChI is InChI=1S/C43H37N/c1-4-12-32-15-8-9-16-35(32)29-31-19-23-36(24-20-31)44(37-25-21-34(22-26-37)33-13-6-5-7-14-33)38-27-28-40-39-17-10-11-18-41(39)43(2,3)42(40)30-38/h4-26,29-30H,1,27-28H2,2-3H3/b32-12-,35-29+. The molecule has 0 saturated heterocycles. The molecule has 0 aliphatic heterocycles. The molecule has 0 spiro atoms. The molecule has 44 heavy (non-hydrogen) atoms. The first kappa shape index (κ1) is 27.7. The van der Waals surface area contributed by atoms with Crippen LogP contribution in [0.3, 0.4) is 0 Å². The van der Waals surface area contributed by atoms with E-state index in [1.807, 2.05) is 6.08 Å². The highest BCUT2D eigenvalue weighted by Crippen LogP contribution is 2.51. The van der Waals surface area contributed by atoms with Gasteiger partial charge in [0.1, 0.15) is 0 Å². The molecule has 0 N–H and O–H groups in total. The average Bonchev–Trinajstić information content (AvgIpc) is 3.30. The van der Waals surface area contributed by atoms with Crippen molar-refractivity contribution >= 4 is 29.1 Å². The van der Waals surface area contributed by atoms with Gasteiger partial charge in [-0.3, -0.25) is 0 Å². The van der Waals surface area contributed by atoms with E-state index in [0.717, 1.165) is 12.8 Å². The molecule has 214 valence electrons. The van der Waals surface area contributed by atoms with Crippen LogP contribution in [0.15, 0.2) is 157 Å². The summed E-state index contributed by atoms with van der Waals surface area (Å²) in [6.45, 7) is 8.64. The number of benzene rings is 5. The minimum Gasteiger partial charge on any atom is -0.314 e. The molecule has 0 fully saturated rings. The van der Waals surface area contributed by atoms with E-state index >= 15 is 0 Å². The van der Waals surface area contributed by atoms with Crippen LogP contribution in [0, 0.1) is 0 Å². The molecule has 0 amide bonds. The van der Waals surface area contributed by atoms with Crippen molar-refractivity contribution < 1.29 is 0 Å². The summed E-state index contributed by atoms with van der Waals surface area (Å²) in [6, 6.07) is 46.0. The van der Waals surface area contributed by atoms with Gasteiger partial charge in [0, 0.05) is 22.5 Å². The van der Waals surface area contributed by atoms with Crippen LogP contribution in [0.25, 0.3) is 28.9 Å². The lowest BCUT2D eigenvalue weighted by Crippen LogP contribution is -2.23. The Morgan fingerprint density at radius 2 is 1.25 bits per heavy atom. The van der Waals surface area contributed by atoms with E-state index in [2.05, 4.69) is 171 Å². The number of anilines is 2. The summed E-state index contributed by atoms with van der Waals surface area (Å²) < 4.78 is 0. The molecule has 5 aromatic rings. The SMILES string of the molecule is C=C/C=c1/cccc/c1=C\c1ccc(N(C2=CC3=C(CC2)c2ccccc2C3(C)C)c2ccc(-c3ccccc3)cc2)cc1. The van der Waals surface area contributed by atoms with Gasteiger partial charge in [0.15, 0.2) is 0 Å². The van der Waals surface area contributed by atoms with Gasteiger partial charge in [-0.15, -0.1) is 0 Å². The van der Waals surface area contributed by atoms with Crippen molar-refractivity contribution in [1.29, 1.82) is 0 Å². The van der Waals surface area contributed by atoms with Crippen molar-refractivity contribution in [3.8, 4) is 11.1 Å². The van der Waals surface area contributed by atoms with E-state index in [4.69, 9.17) is 0 Å². The van der Waals surface area contributed by atoms with Crippen LogP contribution >= 0.6 is 0 Å².